The first-order chi connectivity index (χ1) is 12.2. The Morgan fingerprint density at radius 1 is 1.12 bits per heavy atom. The summed E-state index contributed by atoms with van der Waals surface area (Å²) in [6, 6.07) is 14.7. The molecule has 2 aromatic carbocycles. The summed E-state index contributed by atoms with van der Waals surface area (Å²) < 4.78 is 4.93. The van der Waals surface area contributed by atoms with Gasteiger partial charge in [0.2, 0.25) is 5.91 Å². The highest BCUT2D eigenvalue weighted by atomic mass is 32.2. The van der Waals surface area contributed by atoms with Crippen LogP contribution in [0, 0.1) is 0 Å². The fourth-order valence-electron chi connectivity index (χ4n) is 2.41. The molecule has 0 radical (unpaired) electrons. The smallest absolute Gasteiger partial charge is 0.338 e. The van der Waals surface area contributed by atoms with Crippen molar-refractivity contribution < 1.29 is 14.3 Å². The number of H-pyrrole nitrogens is 1. The number of amides is 1. The molecule has 0 saturated heterocycles. The first-order valence-corrected chi connectivity index (χ1v) is 8.92. The number of ether oxygens (including phenoxy) is 1. The fraction of sp³-hybridized carbons (Fsp3) is 0.158. The molecule has 3 rings (SSSR count). The van der Waals surface area contributed by atoms with Gasteiger partial charge in [0, 0.05) is 27.7 Å². The number of fused-ring (bicyclic) bond motifs is 1. The molecular weight excluding hydrogens is 336 g/mol. The third-order valence-corrected chi connectivity index (χ3v) is 4.65. The Hall–Kier alpha value is -2.73. The number of aromatic amines is 1. The summed E-state index contributed by atoms with van der Waals surface area (Å²) in [4.78, 5) is 28.0. The first-order valence-electron chi connectivity index (χ1n) is 7.93. The van der Waals surface area contributed by atoms with E-state index in [2.05, 4.69) is 10.3 Å². The first kappa shape index (κ1) is 17.1. The van der Waals surface area contributed by atoms with Crippen molar-refractivity contribution >= 4 is 40.2 Å². The fourth-order valence-corrected chi connectivity index (χ4v) is 3.24. The normalized spacial score (nSPS) is 10.6. The molecule has 1 aromatic heterocycles. The number of carbonyl (C=O) groups is 2. The molecule has 25 heavy (non-hydrogen) atoms. The van der Waals surface area contributed by atoms with Gasteiger partial charge in [0.25, 0.3) is 0 Å². The summed E-state index contributed by atoms with van der Waals surface area (Å²) in [5.74, 6) is -0.156. The lowest BCUT2D eigenvalue weighted by molar-refractivity contribution is -0.113. The molecule has 0 aliphatic rings. The van der Waals surface area contributed by atoms with Gasteiger partial charge in [-0.2, -0.15) is 0 Å². The molecule has 1 heterocycles. The third-order valence-electron chi connectivity index (χ3n) is 3.59. The molecular formula is C19H18N2O3S. The Bertz CT molecular complexity index is 887. The minimum atomic E-state index is -0.365. The minimum Gasteiger partial charge on any atom is -0.462 e. The second-order valence-electron chi connectivity index (χ2n) is 5.33. The van der Waals surface area contributed by atoms with Crippen molar-refractivity contribution in [2.75, 3.05) is 17.7 Å². The van der Waals surface area contributed by atoms with Crippen LogP contribution >= 0.6 is 11.8 Å². The van der Waals surface area contributed by atoms with E-state index in [9.17, 15) is 9.59 Å². The van der Waals surface area contributed by atoms with Gasteiger partial charge in [0.1, 0.15) is 0 Å². The van der Waals surface area contributed by atoms with Gasteiger partial charge in [-0.15, -0.1) is 11.8 Å². The predicted octanol–water partition coefficient (Wildman–Crippen LogP) is 4.08. The van der Waals surface area contributed by atoms with Gasteiger partial charge in [-0.05, 0) is 37.3 Å². The number of aromatic nitrogens is 1. The van der Waals surface area contributed by atoms with E-state index < -0.39 is 0 Å². The Balaban J connectivity index is 1.56. The lowest BCUT2D eigenvalue weighted by Gasteiger charge is -2.06. The quantitative estimate of drug-likeness (QED) is 0.517. The van der Waals surface area contributed by atoms with Crippen LogP contribution in [0.4, 0.5) is 5.69 Å². The highest BCUT2D eigenvalue weighted by Crippen LogP contribution is 2.27. The second kappa shape index (κ2) is 7.90. The van der Waals surface area contributed by atoms with E-state index in [1.54, 1.807) is 31.2 Å². The predicted molar refractivity (Wildman–Crippen MR) is 100 cm³/mol. The van der Waals surface area contributed by atoms with Crippen molar-refractivity contribution in [3.8, 4) is 0 Å². The highest BCUT2D eigenvalue weighted by molar-refractivity contribution is 8.00. The molecule has 0 aliphatic heterocycles. The molecule has 2 N–H and O–H groups in total. The van der Waals surface area contributed by atoms with Crippen LogP contribution in [0.1, 0.15) is 17.3 Å². The van der Waals surface area contributed by atoms with Crippen LogP contribution in [0.15, 0.2) is 59.6 Å². The van der Waals surface area contributed by atoms with E-state index in [1.165, 1.54) is 11.8 Å². The Morgan fingerprint density at radius 2 is 1.88 bits per heavy atom. The molecule has 0 bridgehead atoms. The van der Waals surface area contributed by atoms with Crippen molar-refractivity contribution in [3.05, 3.63) is 60.3 Å². The summed E-state index contributed by atoms with van der Waals surface area (Å²) in [5, 5.41) is 3.94. The van der Waals surface area contributed by atoms with E-state index in [-0.39, 0.29) is 11.9 Å². The van der Waals surface area contributed by atoms with E-state index in [0.717, 1.165) is 15.8 Å². The van der Waals surface area contributed by atoms with Gasteiger partial charge in [-0.1, -0.05) is 18.2 Å². The van der Waals surface area contributed by atoms with Crippen LogP contribution in [0.25, 0.3) is 10.9 Å². The zero-order valence-corrected chi connectivity index (χ0v) is 14.6. The number of hydrogen-bond acceptors (Lipinski definition) is 4. The molecule has 1 amide bonds. The number of rotatable bonds is 6. The zero-order valence-electron chi connectivity index (χ0n) is 13.7. The summed E-state index contributed by atoms with van der Waals surface area (Å²) in [7, 11) is 0. The van der Waals surface area contributed by atoms with Crippen LogP contribution in [0.2, 0.25) is 0 Å². The minimum absolute atomic E-state index is 0.0980. The standard InChI is InChI=1S/C19H18N2O3S/c1-2-24-19(23)13-7-9-14(10-8-13)21-18(22)12-25-17-11-20-16-6-4-3-5-15(16)17/h3-11,20H,2,12H2,1H3,(H,21,22). The van der Waals surface area contributed by atoms with Crippen molar-refractivity contribution in [1.29, 1.82) is 0 Å². The number of benzene rings is 2. The maximum Gasteiger partial charge on any atom is 0.338 e. The van der Waals surface area contributed by atoms with Crippen LogP contribution in [-0.4, -0.2) is 29.2 Å². The van der Waals surface area contributed by atoms with Gasteiger partial charge in [-0.25, -0.2) is 4.79 Å². The summed E-state index contributed by atoms with van der Waals surface area (Å²) in [6.07, 6.45) is 1.91. The monoisotopic (exact) mass is 354 g/mol. The molecule has 0 fully saturated rings. The van der Waals surface area contributed by atoms with Crippen molar-refractivity contribution in [1.82, 2.24) is 4.98 Å². The lowest BCUT2D eigenvalue weighted by atomic mass is 10.2. The topological polar surface area (TPSA) is 71.2 Å². The maximum absolute atomic E-state index is 12.1. The van der Waals surface area contributed by atoms with Crippen molar-refractivity contribution in [3.63, 3.8) is 0 Å². The van der Waals surface area contributed by atoms with Gasteiger partial charge in [0.05, 0.1) is 17.9 Å². The number of hydrogen-bond donors (Lipinski definition) is 2. The van der Waals surface area contributed by atoms with Gasteiger partial charge in [-0.3, -0.25) is 4.79 Å². The van der Waals surface area contributed by atoms with Crippen LogP contribution in [0.3, 0.4) is 0 Å². The van der Waals surface area contributed by atoms with Crippen molar-refractivity contribution in [2.24, 2.45) is 0 Å². The maximum atomic E-state index is 12.1. The number of nitrogens with one attached hydrogen (secondary N) is 2. The Morgan fingerprint density at radius 3 is 2.64 bits per heavy atom. The second-order valence-corrected chi connectivity index (χ2v) is 6.35. The largest absolute Gasteiger partial charge is 0.462 e. The number of anilines is 1. The molecule has 128 valence electrons. The number of carbonyl (C=O) groups excluding carboxylic acids is 2. The number of esters is 1. The van der Waals surface area contributed by atoms with Gasteiger partial charge < -0.3 is 15.0 Å². The summed E-state index contributed by atoms with van der Waals surface area (Å²) in [5.41, 5.74) is 2.17. The molecule has 5 nitrogen and oxygen atoms in total. The molecule has 0 saturated carbocycles. The molecule has 3 aromatic rings. The van der Waals surface area contributed by atoms with E-state index >= 15 is 0 Å². The molecule has 0 atom stereocenters. The van der Waals surface area contributed by atoms with Crippen LogP contribution < -0.4 is 5.32 Å². The summed E-state index contributed by atoms with van der Waals surface area (Å²) >= 11 is 1.48. The van der Waals surface area contributed by atoms with Crippen molar-refractivity contribution in [2.45, 2.75) is 11.8 Å². The van der Waals surface area contributed by atoms with Crippen LogP contribution in [0.5, 0.6) is 0 Å². The van der Waals surface area contributed by atoms with Crippen LogP contribution in [-0.2, 0) is 9.53 Å². The molecule has 0 unspecified atom stereocenters. The van der Waals surface area contributed by atoms with Gasteiger partial charge in [0.15, 0.2) is 0 Å². The molecule has 6 heteroatoms. The Labute approximate surface area is 149 Å². The SMILES string of the molecule is CCOC(=O)c1ccc(NC(=O)CSc2c[nH]c3ccccc23)cc1. The Kier molecular flexibility index (Phi) is 5.40. The number of thioether (sulfide) groups is 1. The van der Waals surface area contributed by atoms with E-state index in [4.69, 9.17) is 4.74 Å². The average molecular weight is 354 g/mol. The zero-order chi connectivity index (χ0) is 17.6. The third kappa shape index (κ3) is 4.22. The highest BCUT2D eigenvalue weighted by Gasteiger charge is 2.09. The lowest BCUT2D eigenvalue weighted by Crippen LogP contribution is -2.14. The van der Waals surface area contributed by atoms with Gasteiger partial charge >= 0.3 is 5.97 Å². The molecule has 0 aliphatic carbocycles. The van der Waals surface area contributed by atoms with E-state index in [1.807, 2.05) is 30.5 Å². The molecule has 0 spiro atoms. The summed E-state index contributed by atoms with van der Waals surface area (Å²) in [6.45, 7) is 2.10. The van der Waals surface area contributed by atoms with E-state index in [0.29, 0.717) is 23.6 Å². The average Bonchev–Trinajstić information content (AvgIpc) is 3.04. The number of para-hydroxylation sites is 1.